The summed E-state index contributed by atoms with van der Waals surface area (Å²) in [6.07, 6.45) is 2.68. The summed E-state index contributed by atoms with van der Waals surface area (Å²) in [5.74, 6) is 0.323. The van der Waals surface area contributed by atoms with E-state index in [9.17, 15) is 9.90 Å². The van der Waals surface area contributed by atoms with Gasteiger partial charge in [0.15, 0.2) is 0 Å². The number of aromatic nitrogens is 2. The van der Waals surface area contributed by atoms with Gasteiger partial charge in [0.1, 0.15) is 0 Å². The maximum atomic E-state index is 12.3. The van der Waals surface area contributed by atoms with Crippen molar-refractivity contribution in [2.24, 2.45) is 5.92 Å². The van der Waals surface area contributed by atoms with Gasteiger partial charge in [0, 0.05) is 26.1 Å². The van der Waals surface area contributed by atoms with Crippen LogP contribution in [0, 0.1) is 5.92 Å². The molecule has 0 spiro atoms. The van der Waals surface area contributed by atoms with Crippen LogP contribution in [0.3, 0.4) is 0 Å². The molecule has 1 aromatic heterocycles. The largest absolute Gasteiger partial charge is 0.393 e. The Morgan fingerprint density at radius 2 is 2.24 bits per heavy atom. The third-order valence-electron chi connectivity index (χ3n) is 4.31. The third-order valence-corrected chi connectivity index (χ3v) is 4.31. The summed E-state index contributed by atoms with van der Waals surface area (Å²) in [6, 6.07) is 7.94. The Morgan fingerprint density at radius 1 is 1.43 bits per heavy atom. The number of aliphatic hydroxyl groups is 1. The zero-order chi connectivity index (χ0) is 14.8. The van der Waals surface area contributed by atoms with Gasteiger partial charge in [-0.05, 0) is 24.5 Å². The van der Waals surface area contributed by atoms with Gasteiger partial charge in [0.25, 0.3) is 0 Å². The quantitative estimate of drug-likeness (QED) is 0.934. The number of amides is 1. The molecule has 1 saturated heterocycles. The number of carbonyl (C=O) groups is 1. The molecule has 0 aliphatic carbocycles. The van der Waals surface area contributed by atoms with Crippen LogP contribution in [-0.4, -0.2) is 44.7 Å². The van der Waals surface area contributed by atoms with Crippen LogP contribution in [0.2, 0.25) is 0 Å². The second-order valence-electron chi connectivity index (χ2n) is 5.85. The molecule has 1 aliphatic heterocycles. The summed E-state index contributed by atoms with van der Waals surface area (Å²) in [4.78, 5) is 18.5. The van der Waals surface area contributed by atoms with Crippen LogP contribution in [0.5, 0.6) is 0 Å². The summed E-state index contributed by atoms with van der Waals surface area (Å²) >= 11 is 0. The first-order chi connectivity index (χ1) is 10.1. The standard InChI is InChI=1S/C16H21N3O2/c1-12-10-18(8-6-15(12)20)16(21)7-9-19-11-17-13-4-2-3-5-14(13)19/h2-5,11-12,15,20H,6-10H2,1H3. The molecule has 2 unspecified atom stereocenters. The van der Waals surface area contributed by atoms with E-state index in [-0.39, 0.29) is 17.9 Å². The predicted molar refractivity (Wildman–Crippen MR) is 80.7 cm³/mol. The number of benzene rings is 1. The van der Waals surface area contributed by atoms with Crippen LogP contribution >= 0.6 is 0 Å². The highest BCUT2D eigenvalue weighted by atomic mass is 16.3. The first-order valence-electron chi connectivity index (χ1n) is 7.51. The highest BCUT2D eigenvalue weighted by Gasteiger charge is 2.26. The van der Waals surface area contributed by atoms with Crippen molar-refractivity contribution in [1.29, 1.82) is 0 Å². The van der Waals surface area contributed by atoms with Gasteiger partial charge in [0.05, 0.1) is 23.5 Å². The van der Waals surface area contributed by atoms with Crippen LogP contribution in [0.15, 0.2) is 30.6 Å². The van der Waals surface area contributed by atoms with Gasteiger partial charge in [-0.2, -0.15) is 0 Å². The highest BCUT2D eigenvalue weighted by Crippen LogP contribution is 2.18. The minimum Gasteiger partial charge on any atom is -0.393 e. The van der Waals surface area contributed by atoms with Crippen LogP contribution in [0.25, 0.3) is 11.0 Å². The molecule has 5 nitrogen and oxygen atoms in total. The first-order valence-corrected chi connectivity index (χ1v) is 7.51. The van der Waals surface area contributed by atoms with Crippen molar-refractivity contribution in [3.63, 3.8) is 0 Å². The number of imidazole rings is 1. The number of aryl methyl sites for hydroxylation is 1. The zero-order valence-electron chi connectivity index (χ0n) is 12.3. The minimum absolute atomic E-state index is 0.159. The molecule has 5 heteroatoms. The Labute approximate surface area is 124 Å². The number of nitrogens with zero attached hydrogens (tertiary/aromatic N) is 3. The normalized spacial score (nSPS) is 22.7. The van der Waals surface area contributed by atoms with Crippen LogP contribution in [-0.2, 0) is 11.3 Å². The van der Waals surface area contributed by atoms with Crippen LogP contribution < -0.4 is 0 Å². The molecule has 1 amide bonds. The molecule has 2 heterocycles. The number of para-hydroxylation sites is 2. The Bertz CT molecular complexity index is 637. The topological polar surface area (TPSA) is 58.4 Å². The number of hydrogen-bond donors (Lipinski definition) is 1. The Kier molecular flexibility index (Phi) is 3.92. The molecule has 2 atom stereocenters. The van der Waals surface area contributed by atoms with Gasteiger partial charge in [-0.1, -0.05) is 19.1 Å². The maximum Gasteiger partial charge on any atom is 0.224 e. The summed E-state index contributed by atoms with van der Waals surface area (Å²) in [5, 5.41) is 9.73. The fourth-order valence-electron chi connectivity index (χ4n) is 2.92. The van der Waals surface area contributed by atoms with E-state index in [1.54, 1.807) is 6.33 Å². The van der Waals surface area contributed by atoms with E-state index < -0.39 is 0 Å². The van der Waals surface area contributed by atoms with Gasteiger partial charge in [-0.25, -0.2) is 4.98 Å². The summed E-state index contributed by atoms with van der Waals surface area (Å²) < 4.78 is 2.02. The maximum absolute atomic E-state index is 12.3. The number of hydrogen-bond acceptors (Lipinski definition) is 3. The van der Waals surface area contributed by atoms with Crippen molar-refractivity contribution < 1.29 is 9.90 Å². The highest BCUT2D eigenvalue weighted by molar-refractivity contribution is 5.77. The number of piperidine rings is 1. The minimum atomic E-state index is -0.272. The smallest absolute Gasteiger partial charge is 0.224 e. The second-order valence-corrected chi connectivity index (χ2v) is 5.85. The van der Waals surface area contributed by atoms with Crippen LogP contribution in [0.4, 0.5) is 0 Å². The number of rotatable bonds is 3. The molecule has 1 N–H and O–H groups in total. The average Bonchev–Trinajstić information content (AvgIpc) is 2.91. The molecule has 1 aliphatic rings. The number of likely N-dealkylation sites (tertiary alicyclic amines) is 1. The van der Waals surface area contributed by atoms with E-state index in [1.807, 2.05) is 40.7 Å². The molecule has 21 heavy (non-hydrogen) atoms. The average molecular weight is 287 g/mol. The molecular formula is C16H21N3O2. The number of aliphatic hydroxyl groups excluding tert-OH is 1. The lowest BCUT2D eigenvalue weighted by Crippen LogP contribution is -2.45. The van der Waals surface area contributed by atoms with Gasteiger partial charge >= 0.3 is 0 Å². The molecule has 112 valence electrons. The van der Waals surface area contributed by atoms with E-state index in [0.29, 0.717) is 32.5 Å². The fraction of sp³-hybridized carbons (Fsp3) is 0.500. The van der Waals surface area contributed by atoms with Crippen molar-refractivity contribution in [1.82, 2.24) is 14.5 Å². The van der Waals surface area contributed by atoms with Gasteiger partial charge in [0.2, 0.25) is 5.91 Å². The lowest BCUT2D eigenvalue weighted by atomic mass is 9.96. The summed E-state index contributed by atoms with van der Waals surface area (Å²) in [7, 11) is 0. The van der Waals surface area contributed by atoms with Gasteiger partial charge < -0.3 is 14.6 Å². The van der Waals surface area contributed by atoms with Crippen molar-refractivity contribution >= 4 is 16.9 Å². The molecular weight excluding hydrogens is 266 g/mol. The molecule has 0 radical (unpaired) electrons. The van der Waals surface area contributed by atoms with E-state index in [1.165, 1.54) is 0 Å². The molecule has 2 aromatic rings. The van der Waals surface area contributed by atoms with E-state index in [4.69, 9.17) is 0 Å². The van der Waals surface area contributed by atoms with Gasteiger partial charge in [-0.15, -0.1) is 0 Å². The lowest BCUT2D eigenvalue weighted by molar-refractivity contribution is -0.134. The number of carbonyl (C=O) groups excluding carboxylic acids is 1. The Hall–Kier alpha value is -1.88. The van der Waals surface area contributed by atoms with Crippen molar-refractivity contribution in [2.75, 3.05) is 13.1 Å². The third kappa shape index (κ3) is 2.93. The molecule has 3 rings (SSSR count). The first kappa shape index (κ1) is 14.1. The van der Waals surface area contributed by atoms with Crippen molar-refractivity contribution in [3.8, 4) is 0 Å². The SMILES string of the molecule is CC1CN(C(=O)CCn2cnc3ccccc32)CCC1O. The fourth-order valence-corrected chi connectivity index (χ4v) is 2.92. The van der Waals surface area contributed by atoms with Crippen molar-refractivity contribution in [2.45, 2.75) is 32.4 Å². The summed E-state index contributed by atoms with van der Waals surface area (Å²) in [6.45, 7) is 3.96. The van der Waals surface area contributed by atoms with Crippen LogP contribution in [0.1, 0.15) is 19.8 Å². The summed E-state index contributed by atoms with van der Waals surface area (Å²) in [5.41, 5.74) is 2.02. The Morgan fingerprint density at radius 3 is 3.05 bits per heavy atom. The molecule has 1 aromatic carbocycles. The van der Waals surface area contributed by atoms with E-state index in [0.717, 1.165) is 11.0 Å². The monoisotopic (exact) mass is 287 g/mol. The lowest BCUT2D eigenvalue weighted by Gasteiger charge is -2.34. The van der Waals surface area contributed by atoms with Gasteiger partial charge in [-0.3, -0.25) is 4.79 Å². The zero-order valence-corrected chi connectivity index (χ0v) is 12.3. The molecule has 0 saturated carbocycles. The Balaban J connectivity index is 1.61. The van der Waals surface area contributed by atoms with E-state index >= 15 is 0 Å². The van der Waals surface area contributed by atoms with E-state index in [2.05, 4.69) is 4.98 Å². The molecule has 0 bridgehead atoms. The van der Waals surface area contributed by atoms with Crippen molar-refractivity contribution in [3.05, 3.63) is 30.6 Å². The second kappa shape index (κ2) is 5.85. The number of fused-ring (bicyclic) bond motifs is 1. The predicted octanol–water partition coefficient (Wildman–Crippen LogP) is 1.66. The molecule has 1 fully saturated rings.